The number of methoxy groups -OCH3 is 2. The van der Waals surface area contributed by atoms with E-state index in [2.05, 4.69) is 32.5 Å². The lowest BCUT2D eigenvalue weighted by Gasteiger charge is -2.32. The number of amides is 2. The normalized spacial score (nSPS) is 15.0. The Morgan fingerprint density at radius 3 is 2.34 bits per heavy atom. The number of likely N-dealkylation sites (N-methyl/N-ethyl adjacent to an activating group) is 1. The van der Waals surface area contributed by atoms with Crippen LogP contribution in [-0.2, 0) is 4.79 Å². The van der Waals surface area contributed by atoms with Crippen molar-refractivity contribution in [3.8, 4) is 11.5 Å². The zero-order chi connectivity index (χ0) is 29.8. The van der Waals surface area contributed by atoms with E-state index in [1.54, 1.807) is 56.5 Å². The lowest BCUT2D eigenvalue weighted by molar-refractivity contribution is -0.112. The van der Waals surface area contributed by atoms with Gasteiger partial charge in [-0.15, -0.1) is 0 Å². The molecule has 0 aromatic heterocycles. The van der Waals surface area contributed by atoms with Crippen molar-refractivity contribution in [2.24, 2.45) is 10.7 Å². The minimum Gasteiger partial charge on any atom is -0.493 e. The minimum atomic E-state index is -0.494. The number of nitrogens with zero attached hydrogens (tertiary/aromatic N) is 3. The molecule has 1 aliphatic heterocycles. The summed E-state index contributed by atoms with van der Waals surface area (Å²) in [6, 6.07) is 11.8. The fraction of sp³-hybridized carbons (Fsp3) is 0.333. The summed E-state index contributed by atoms with van der Waals surface area (Å²) < 4.78 is 10.5. The molecular formula is C30H39N7O4. The molecule has 0 saturated carbocycles. The van der Waals surface area contributed by atoms with Crippen LogP contribution in [0.25, 0.3) is 0 Å². The third-order valence-electron chi connectivity index (χ3n) is 6.55. The predicted molar refractivity (Wildman–Crippen MR) is 162 cm³/mol. The van der Waals surface area contributed by atoms with Crippen LogP contribution >= 0.6 is 0 Å². The molecule has 41 heavy (non-hydrogen) atoms. The molecule has 0 radical (unpaired) electrons. The summed E-state index contributed by atoms with van der Waals surface area (Å²) in [5.41, 5.74) is 8.30. The number of aliphatic imine (C=N–C) groups is 1. The number of benzene rings is 2. The highest BCUT2D eigenvalue weighted by Crippen LogP contribution is 2.27. The molecule has 11 nitrogen and oxygen atoms in total. The Kier molecular flexibility index (Phi) is 11.6. The number of anilines is 1. The Labute approximate surface area is 241 Å². The third kappa shape index (κ3) is 9.59. The lowest BCUT2D eigenvalue weighted by Crippen LogP contribution is -2.46. The largest absolute Gasteiger partial charge is 0.493 e. The first-order valence-electron chi connectivity index (χ1n) is 13.3. The number of carbonyl (C=O) groups excluding carboxylic acids is 2. The van der Waals surface area contributed by atoms with Gasteiger partial charge in [0.15, 0.2) is 11.5 Å². The monoisotopic (exact) mass is 561 g/mol. The number of ether oxygens (including phenoxy) is 2. The van der Waals surface area contributed by atoms with Crippen LogP contribution in [0.5, 0.6) is 11.5 Å². The summed E-state index contributed by atoms with van der Waals surface area (Å²) in [6.07, 6.45) is 4.44. The number of nitrogens with one attached hydrogen (secondary N) is 3. The maximum absolute atomic E-state index is 12.5. The Bertz CT molecular complexity index is 1310. The first-order chi connectivity index (χ1) is 19.7. The summed E-state index contributed by atoms with van der Waals surface area (Å²) in [5, 5.41) is 13.9. The van der Waals surface area contributed by atoms with Gasteiger partial charge in [0.1, 0.15) is 0 Å². The average Bonchev–Trinajstić information content (AvgIpc) is 2.97. The number of hydrogen-bond acceptors (Lipinski definition) is 9. The van der Waals surface area contributed by atoms with Crippen LogP contribution in [0.2, 0.25) is 0 Å². The highest BCUT2D eigenvalue weighted by molar-refractivity contribution is 6.09. The van der Waals surface area contributed by atoms with E-state index in [1.807, 2.05) is 0 Å². The average molecular weight is 562 g/mol. The first-order valence-corrected chi connectivity index (χ1v) is 13.3. The van der Waals surface area contributed by atoms with E-state index in [9.17, 15) is 9.59 Å². The molecule has 0 spiro atoms. The molecule has 0 aliphatic carbocycles. The third-order valence-corrected chi connectivity index (χ3v) is 6.55. The number of hydrogen-bond donors (Lipinski definition) is 4. The first kappa shape index (κ1) is 31.1. The van der Waals surface area contributed by atoms with Gasteiger partial charge in [-0.1, -0.05) is 0 Å². The molecule has 2 aromatic rings. The second-order valence-corrected chi connectivity index (χ2v) is 9.60. The van der Waals surface area contributed by atoms with Crippen molar-refractivity contribution in [3.63, 3.8) is 0 Å². The summed E-state index contributed by atoms with van der Waals surface area (Å²) in [6.45, 7) is 7.18. The molecule has 218 valence electrons. The van der Waals surface area contributed by atoms with E-state index in [1.165, 1.54) is 25.5 Å². The van der Waals surface area contributed by atoms with E-state index in [-0.39, 0.29) is 17.3 Å². The van der Waals surface area contributed by atoms with Crippen LogP contribution in [0.15, 0.2) is 71.5 Å². The SMILES string of the molecule is COc1ccc(C(=N)C=CN=C(C)C=C(N)C(=O)Nc2ccc(C(=O)NCCN3CCN(C)CC3)cc2)cc1OC. The number of piperazine rings is 1. The number of allylic oxidation sites excluding steroid dienone is 2. The van der Waals surface area contributed by atoms with Gasteiger partial charge in [0.2, 0.25) is 0 Å². The van der Waals surface area contributed by atoms with E-state index >= 15 is 0 Å². The quantitative estimate of drug-likeness (QED) is 0.230. The van der Waals surface area contributed by atoms with Crippen molar-refractivity contribution in [1.82, 2.24) is 15.1 Å². The smallest absolute Gasteiger partial charge is 0.271 e. The Morgan fingerprint density at radius 2 is 1.68 bits per heavy atom. The maximum atomic E-state index is 12.5. The Morgan fingerprint density at radius 1 is 1.02 bits per heavy atom. The summed E-state index contributed by atoms with van der Waals surface area (Å²) in [7, 11) is 5.20. The molecule has 2 aromatic carbocycles. The Balaban J connectivity index is 1.48. The van der Waals surface area contributed by atoms with Gasteiger partial charge in [0.25, 0.3) is 11.8 Å². The second-order valence-electron chi connectivity index (χ2n) is 9.60. The topological polar surface area (TPSA) is 145 Å². The summed E-state index contributed by atoms with van der Waals surface area (Å²) in [5.74, 6) is 0.454. The standard InChI is InChI=1S/C30H39N7O4/c1-21(33-12-11-25(31)23-7-10-27(40-3)28(20-23)41-4)19-26(32)30(39)35-24-8-5-22(6-9-24)29(38)34-13-14-37-17-15-36(2)16-18-37/h5-12,19-20,31H,13-18,32H2,1-4H3,(H,34,38)(H,35,39). The van der Waals surface area contributed by atoms with Crippen LogP contribution in [-0.4, -0.2) is 93.6 Å². The summed E-state index contributed by atoms with van der Waals surface area (Å²) in [4.78, 5) is 33.9. The molecule has 1 heterocycles. The molecule has 1 fully saturated rings. The van der Waals surface area contributed by atoms with Gasteiger partial charge in [0.05, 0.1) is 25.6 Å². The van der Waals surface area contributed by atoms with Gasteiger partial charge in [0, 0.05) is 68.0 Å². The highest BCUT2D eigenvalue weighted by Gasteiger charge is 2.14. The Hall–Kier alpha value is -4.48. The molecule has 11 heteroatoms. The van der Waals surface area contributed by atoms with Crippen molar-refractivity contribution < 1.29 is 19.1 Å². The maximum Gasteiger partial charge on any atom is 0.271 e. The molecule has 0 unspecified atom stereocenters. The molecular weight excluding hydrogens is 522 g/mol. The zero-order valence-electron chi connectivity index (χ0n) is 24.1. The van der Waals surface area contributed by atoms with E-state index < -0.39 is 5.91 Å². The van der Waals surface area contributed by atoms with Crippen molar-refractivity contribution in [3.05, 3.63) is 77.6 Å². The molecule has 0 atom stereocenters. The minimum absolute atomic E-state index is 0.0275. The van der Waals surface area contributed by atoms with Crippen LogP contribution in [0.3, 0.4) is 0 Å². The lowest BCUT2D eigenvalue weighted by atomic mass is 10.1. The summed E-state index contributed by atoms with van der Waals surface area (Å²) >= 11 is 0. The molecule has 0 bridgehead atoms. The van der Waals surface area contributed by atoms with Gasteiger partial charge in [-0.3, -0.25) is 19.5 Å². The van der Waals surface area contributed by atoms with Gasteiger partial charge in [-0.2, -0.15) is 0 Å². The molecule has 5 N–H and O–H groups in total. The van der Waals surface area contributed by atoms with Crippen molar-refractivity contribution >= 4 is 28.9 Å². The van der Waals surface area contributed by atoms with E-state index in [0.29, 0.717) is 40.6 Å². The van der Waals surface area contributed by atoms with Crippen molar-refractivity contribution in [2.75, 3.05) is 65.9 Å². The van der Waals surface area contributed by atoms with Crippen LogP contribution < -0.4 is 25.8 Å². The fourth-order valence-corrected chi connectivity index (χ4v) is 4.07. The van der Waals surface area contributed by atoms with Crippen LogP contribution in [0.1, 0.15) is 22.8 Å². The van der Waals surface area contributed by atoms with Gasteiger partial charge < -0.3 is 36.2 Å². The number of carbonyl (C=O) groups is 2. The molecule has 1 saturated heterocycles. The molecule has 2 amide bonds. The number of nitrogens with two attached hydrogens (primary N) is 1. The van der Waals surface area contributed by atoms with Crippen LogP contribution in [0.4, 0.5) is 5.69 Å². The van der Waals surface area contributed by atoms with Gasteiger partial charge in [-0.25, -0.2) is 0 Å². The highest BCUT2D eigenvalue weighted by atomic mass is 16.5. The van der Waals surface area contributed by atoms with E-state index in [4.69, 9.17) is 20.6 Å². The molecule has 3 rings (SSSR count). The van der Waals surface area contributed by atoms with Gasteiger partial charge >= 0.3 is 0 Å². The zero-order valence-corrected chi connectivity index (χ0v) is 24.1. The van der Waals surface area contributed by atoms with Gasteiger partial charge in [-0.05, 0) is 68.6 Å². The van der Waals surface area contributed by atoms with Crippen molar-refractivity contribution in [2.45, 2.75) is 6.92 Å². The predicted octanol–water partition coefficient (Wildman–Crippen LogP) is 2.50. The molecule has 1 aliphatic rings. The second kappa shape index (κ2) is 15.3. The fourth-order valence-electron chi connectivity index (χ4n) is 4.07. The van der Waals surface area contributed by atoms with E-state index in [0.717, 1.165) is 32.7 Å². The number of rotatable bonds is 12. The van der Waals surface area contributed by atoms with Crippen molar-refractivity contribution in [1.29, 1.82) is 5.41 Å². The van der Waals surface area contributed by atoms with Crippen LogP contribution in [0, 0.1) is 5.41 Å².